The van der Waals surface area contributed by atoms with Crippen molar-refractivity contribution in [2.45, 2.75) is 32.5 Å². The first-order chi connectivity index (χ1) is 12.2. The van der Waals surface area contributed by atoms with Crippen molar-refractivity contribution >= 4 is 5.91 Å². The third-order valence-electron chi connectivity index (χ3n) is 4.87. The van der Waals surface area contributed by atoms with E-state index in [0.29, 0.717) is 24.8 Å². The molecule has 25 heavy (non-hydrogen) atoms. The summed E-state index contributed by atoms with van der Waals surface area (Å²) in [5.41, 5.74) is 4.61. The Morgan fingerprint density at radius 3 is 2.60 bits per heavy atom. The van der Waals surface area contributed by atoms with E-state index < -0.39 is 0 Å². The van der Waals surface area contributed by atoms with Crippen molar-refractivity contribution in [3.63, 3.8) is 0 Å². The highest BCUT2D eigenvalue weighted by Crippen LogP contribution is 2.20. The van der Waals surface area contributed by atoms with Gasteiger partial charge in [-0.2, -0.15) is 0 Å². The lowest BCUT2D eigenvalue weighted by Crippen LogP contribution is -2.44. The fourth-order valence-corrected chi connectivity index (χ4v) is 3.28. The summed E-state index contributed by atoms with van der Waals surface area (Å²) in [5, 5.41) is 3.06. The Kier molecular flexibility index (Phi) is 5.84. The van der Waals surface area contributed by atoms with Gasteiger partial charge in [0.1, 0.15) is 0 Å². The highest BCUT2D eigenvalue weighted by Gasteiger charge is 2.20. The molecule has 0 aliphatic carbocycles. The Morgan fingerprint density at radius 1 is 1.16 bits per heavy atom. The van der Waals surface area contributed by atoms with Crippen LogP contribution in [0.25, 0.3) is 0 Å². The van der Waals surface area contributed by atoms with Crippen LogP contribution in [0.4, 0.5) is 0 Å². The number of hydrogen-bond acceptors (Lipinski definition) is 3. The minimum Gasteiger partial charge on any atom is -0.380 e. The predicted molar refractivity (Wildman–Crippen MR) is 99.5 cm³/mol. The van der Waals surface area contributed by atoms with E-state index in [0.717, 1.165) is 25.1 Å². The summed E-state index contributed by atoms with van der Waals surface area (Å²) >= 11 is 0. The van der Waals surface area contributed by atoms with Gasteiger partial charge in [0.25, 0.3) is 5.91 Å². The van der Waals surface area contributed by atoms with Crippen LogP contribution >= 0.6 is 0 Å². The number of fused-ring (bicyclic) bond motifs is 1. The van der Waals surface area contributed by atoms with Gasteiger partial charge in [-0.25, -0.2) is 0 Å². The first kappa shape index (κ1) is 17.6. The molecule has 1 N–H and O–H groups in total. The second-order valence-electron chi connectivity index (χ2n) is 6.68. The molecule has 1 atom stereocenters. The number of ether oxygens (including phenoxy) is 1. The molecular weight excluding hydrogens is 312 g/mol. The summed E-state index contributed by atoms with van der Waals surface area (Å²) in [6.45, 7) is 5.39. The van der Waals surface area contributed by atoms with Gasteiger partial charge in [-0.3, -0.25) is 9.69 Å². The lowest BCUT2D eigenvalue weighted by Gasteiger charge is -2.33. The van der Waals surface area contributed by atoms with Crippen molar-refractivity contribution in [1.29, 1.82) is 0 Å². The summed E-state index contributed by atoms with van der Waals surface area (Å²) < 4.78 is 5.09. The van der Waals surface area contributed by atoms with Gasteiger partial charge in [-0.1, -0.05) is 36.4 Å². The molecular formula is C21H26N2O2. The summed E-state index contributed by atoms with van der Waals surface area (Å²) in [5.74, 6) is -0.0202. The standard InChI is InChI=1S/C21H26N2O2/c1-16(23-12-11-18-5-3-4-6-20(18)14-23)13-22-21(24)19-9-7-17(8-10-19)15-25-2/h3-10,16H,11-15H2,1-2H3,(H,22,24). The lowest BCUT2D eigenvalue weighted by atomic mass is 9.99. The molecule has 0 saturated carbocycles. The van der Waals surface area contributed by atoms with Gasteiger partial charge in [0.2, 0.25) is 0 Å². The van der Waals surface area contributed by atoms with Gasteiger partial charge in [0.15, 0.2) is 0 Å². The molecule has 0 radical (unpaired) electrons. The van der Waals surface area contributed by atoms with Crippen LogP contribution in [0, 0.1) is 0 Å². The van der Waals surface area contributed by atoms with E-state index in [1.54, 1.807) is 7.11 Å². The average Bonchev–Trinajstić information content (AvgIpc) is 2.66. The first-order valence-corrected chi connectivity index (χ1v) is 8.84. The number of methoxy groups -OCH3 is 1. The zero-order valence-electron chi connectivity index (χ0n) is 15.0. The maximum absolute atomic E-state index is 12.3. The molecule has 1 amide bonds. The number of amides is 1. The second-order valence-corrected chi connectivity index (χ2v) is 6.68. The van der Waals surface area contributed by atoms with Crippen LogP contribution in [-0.4, -0.2) is 37.0 Å². The minimum atomic E-state index is -0.0202. The van der Waals surface area contributed by atoms with Gasteiger partial charge < -0.3 is 10.1 Å². The van der Waals surface area contributed by atoms with E-state index >= 15 is 0 Å². The second kappa shape index (κ2) is 8.28. The van der Waals surface area contributed by atoms with Crippen LogP contribution in [0.3, 0.4) is 0 Å². The van der Waals surface area contributed by atoms with Crippen molar-refractivity contribution in [2.24, 2.45) is 0 Å². The maximum Gasteiger partial charge on any atom is 0.251 e. The zero-order chi connectivity index (χ0) is 17.6. The van der Waals surface area contributed by atoms with E-state index in [-0.39, 0.29) is 5.91 Å². The number of carbonyl (C=O) groups is 1. The Labute approximate surface area is 149 Å². The smallest absolute Gasteiger partial charge is 0.251 e. The maximum atomic E-state index is 12.3. The number of benzene rings is 2. The summed E-state index contributed by atoms with van der Waals surface area (Å²) in [4.78, 5) is 14.8. The average molecular weight is 338 g/mol. The predicted octanol–water partition coefficient (Wildman–Crippen LogP) is 3.01. The van der Waals surface area contributed by atoms with Crippen LogP contribution in [0.15, 0.2) is 48.5 Å². The molecule has 4 nitrogen and oxygen atoms in total. The Balaban J connectivity index is 1.52. The van der Waals surface area contributed by atoms with Gasteiger partial charge in [-0.05, 0) is 42.2 Å². The third kappa shape index (κ3) is 4.47. The molecule has 0 bridgehead atoms. The van der Waals surface area contributed by atoms with E-state index in [4.69, 9.17) is 4.74 Å². The Hall–Kier alpha value is -2.17. The normalized spacial score (nSPS) is 15.4. The van der Waals surface area contributed by atoms with Crippen molar-refractivity contribution < 1.29 is 9.53 Å². The molecule has 2 aromatic carbocycles. The molecule has 3 rings (SSSR count). The molecule has 1 aliphatic rings. The van der Waals surface area contributed by atoms with Crippen molar-refractivity contribution in [3.05, 3.63) is 70.8 Å². The third-order valence-corrected chi connectivity index (χ3v) is 4.87. The lowest BCUT2D eigenvalue weighted by molar-refractivity contribution is 0.0932. The molecule has 1 heterocycles. The number of hydrogen-bond donors (Lipinski definition) is 1. The van der Waals surface area contributed by atoms with Crippen LogP contribution in [0.2, 0.25) is 0 Å². The van der Waals surface area contributed by atoms with Crippen molar-refractivity contribution in [1.82, 2.24) is 10.2 Å². The molecule has 0 saturated heterocycles. The largest absolute Gasteiger partial charge is 0.380 e. The summed E-state index contributed by atoms with van der Waals surface area (Å²) in [6, 6.07) is 16.5. The van der Waals surface area contributed by atoms with E-state index in [1.807, 2.05) is 24.3 Å². The number of rotatable bonds is 6. The Bertz CT molecular complexity index is 712. The molecule has 4 heteroatoms. The van der Waals surface area contributed by atoms with Crippen LogP contribution in [0.5, 0.6) is 0 Å². The molecule has 0 fully saturated rings. The van der Waals surface area contributed by atoms with E-state index in [1.165, 1.54) is 11.1 Å². The minimum absolute atomic E-state index is 0.0202. The fourth-order valence-electron chi connectivity index (χ4n) is 3.28. The molecule has 2 aromatic rings. The number of nitrogens with zero attached hydrogens (tertiary/aromatic N) is 1. The monoisotopic (exact) mass is 338 g/mol. The molecule has 0 aromatic heterocycles. The van der Waals surface area contributed by atoms with Gasteiger partial charge >= 0.3 is 0 Å². The van der Waals surface area contributed by atoms with Crippen molar-refractivity contribution in [3.8, 4) is 0 Å². The van der Waals surface area contributed by atoms with Crippen LogP contribution in [-0.2, 0) is 24.3 Å². The highest BCUT2D eigenvalue weighted by molar-refractivity contribution is 5.94. The van der Waals surface area contributed by atoms with Gasteiger partial charge in [0.05, 0.1) is 6.61 Å². The van der Waals surface area contributed by atoms with E-state index in [2.05, 4.69) is 41.4 Å². The molecule has 132 valence electrons. The zero-order valence-corrected chi connectivity index (χ0v) is 15.0. The molecule has 0 spiro atoms. The first-order valence-electron chi connectivity index (χ1n) is 8.84. The SMILES string of the molecule is COCc1ccc(C(=O)NCC(C)N2CCc3ccccc3C2)cc1. The number of carbonyl (C=O) groups excluding carboxylic acids is 1. The van der Waals surface area contributed by atoms with E-state index in [9.17, 15) is 4.79 Å². The van der Waals surface area contributed by atoms with Crippen molar-refractivity contribution in [2.75, 3.05) is 20.2 Å². The topological polar surface area (TPSA) is 41.6 Å². The summed E-state index contributed by atoms with van der Waals surface area (Å²) in [7, 11) is 1.67. The van der Waals surface area contributed by atoms with Gasteiger partial charge in [0, 0.05) is 38.3 Å². The van der Waals surface area contributed by atoms with Gasteiger partial charge in [-0.15, -0.1) is 0 Å². The van der Waals surface area contributed by atoms with Crippen LogP contribution < -0.4 is 5.32 Å². The Morgan fingerprint density at radius 2 is 1.88 bits per heavy atom. The molecule has 1 unspecified atom stereocenters. The highest BCUT2D eigenvalue weighted by atomic mass is 16.5. The number of nitrogens with one attached hydrogen (secondary N) is 1. The van der Waals surface area contributed by atoms with Crippen LogP contribution in [0.1, 0.15) is 34.0 Å². The molecule has 1 aliphatic heterocycles. The summed E-state index contributed by atoms with van der Waals surface area (Å²) in [6.07, 6.45) is 1.08. The quantitative estimate of drug-likeness (QED) is 0.880. The fraction of sp³-hybridized carbons (Fsp3) is 0.381.